The van der Waals surface area contributed by atoms with E-state index in [9.17, 15) is 18.4 Å². The van der Waals surface area contributed by atoms with Crippen molar-refractivity contribution in [1.82, 2.24) is 20.1 Å². The number of aromatic nitrogens is 3. The maximum atomic E-state index is 14.6. The van der Waals surface area contributed by atoms with Gasteiger partial charge in [0.15, 0.2) is 5.69 Å². The molecule has 2 amide bonds. The molecule has 0 spiro atoms. The molecule has 4 aromatic rings. The predicted molar refractivity (Wildman–Crippen MR) is 130 cm³/mol. The number of hydrogen-bond acceptors (Lipinski definition) is 5. The number of nitrogens with zero attached hydrogens (tertiary/aromatic N) is 3. The molecule has 0 saturated carbocycles. The van der Waals surface area contributed by atoms with E-state index in [2.05, 4.69) is 20.7 Å². The predicted octanol–water partition coefficient (Wildman–Crippen LogP) is 4.23. The van der Waals surface area contributed by atoms with Crippen LogP contribution < -0.4 is 10.6 Å². The van der Waals surface area contributed by atoms with Crippen LogP contribution in [0.25, 0.3) is 16.9 Å². The van der Waals surface area contributed by atoms with Crippen LogP contribution in [0, 0.1) is 11.6 Å². The standard InChI is InChI=1S/C25H20ClF2N5O3/c26-18-13-20(28)17(23-19(27)8-4-9-29-23)12-16(18)24(35)31-22-14-21(25(36)30-10-5-11-34)32-33(22)15-6-2-1-3-7-15/h1-4,6-9,12-14,34H,5,10-11H2,(H,30,36)(H,31,35). The molecule has 0 aliphatic heterocycles. The molecule has 0 radical (unpaired) electrons. The average molecular weight is 512 g/mol. The van der Waals surface area contributed by atoms with Gasteiger partial charge in [-0.15, -0.1) is 0 Å². The monoisotopic (exact) mass is 511 g/mol. The Bertz CT molecular complexity index is 1410. The van der Waals surface area contributed by atoms with Gasteiger partial charge in [0.2, 0.25) is 0 Å². The van der Waals surface area contributed by atoms with E-state index in [-0.39, 0.29) is 46.5 Å². The zero-order valence-corrected chi connectivity index (χ0v) is 19.5. The molecular formula is C25H20ClF2N5O3. The van der Waals surface area contributed by atoms with Gasteiger partial charge in [-0.3, -0.25) is 14.6 Å². The number of halogens is 3. The minimum Gasteiger partial charge on any atom is -0.396 e. The van der Waals surface area contributed by atoms with Gasteiger partial charge in [-0.05, 0) is 42.8 Å². The number of para-hydroxylation sites is 1. The summed E-state index contributed by atoms with van der Waals surface area (Å²) in [6.07, 6.45) is 1.68. The maximum absolute atomic E-state index is 14.6. The first-order valence-corrected chi connectivity index (χ1v) is 11.2. The van der Waals surface area contributed by atoms with Crippen LogP contribution in [0.2, 0.25) is 5.02 Å². The lowest BCUT2D eigenvalue weighted by Gasteiger charge is -2.11. The van der Waals surface area contributed by atoms with Crippen LogP contribution in [0.4, 0.5) is 14.6 Å². The van der Waals surface area contributed by atoms with Crippen LogP contribution >= 0.6 is 11.6 Å². The van der Waals surface area contributed by atoms with Crippen molar-refractivity contribution in [3.05, 3.63) is 94.8 Å². The first kappa shape index (κ1) is 25.0. The molecule has 0 fully saturated rings. The molecule has 36 heavy (non-hydrogen) atoms. The molecule has 0 saturated heterocycles. The van der Waals surface area contributed by atoms with Crippen LogP contribution in [0.3, 0.4) is 0 Å². The third-order valence-corrected chi connectivity index (χ3v) is 5.43. The van der Waals surface area contributed by atoms with E-state index in [1.54, 1.807) is 30.3 Å². The smallest absolute Gasteiger partial charge is 0.271 e. The highest BCUT2D eigenvalue weighted by Gasteiger charge is 2.22. The Labute approximate surface area is 209 Å². The van der Waals surface area contributed by atoms with Crippen molar-refractivity contribution in [2.24, 2.45) is 0 Å². The van der Waals surface area contributed by atoms with E-state index in [4.69, 9.17) is 16.7 Å². The second-order valence-electron chi connectivity index (χ2n) is 7.60. The van der Waals surface area contributed by atoms with Gasteiger partial charge >= 0.3 is 0 Å². The number of nitrogens with one attached hydrogen (secondary N) is 2. The summed E-state index contributed by atoms with van der Waals surface area (Å²) >= 11 is 6.15. The molecule has 4 rings (SSSR count). The molecule has 184 valence electrons. The summed E-state index contributed by atoms with van der Waals surface area (Å²) in [6, 6.07) is 14.7. The van der Waals surface area contributed by atoms with E-state index in [1.807, 2.05) is 0 Å². The second-order valence-corrected chi connectivity index (χ2v) is 8.00. The summed E-state index contributed by atoms with van der Waals surface area (Å²) in [5.74, 6) is -2.69. The summed E-state index contributed by atoms with van der Waals surface area (Å²) in [4.78, 5) is 29.6. The second kappa shape index (κ2) is 11.1. The van der Waals surface area contributed by atoms with Crippen molar-refractivity contribution in [2.75, 3.05) is 18.5 Å². The Hall–Kier alpha value is -4.15. The molecular weight excluding hydrogens is 492 g/mol. The highest BCUT2D eigenvalue weighted by atomic mass is 35.5. The topological polar surface area (TPSA) is 109 Å². The molecule has 2 aromatic heterocycles. The van der Waals surface area contributed by atoms with Crippen molar-refractivity contribution in [3.63, 3.8) is 0 Å². The number of rotatable bonds is 8. The fraction of sp³-hybridized carbons (Fsp3) is 0.120. The van der Waals surface area contributed by atoms with Gasteiger partial charge in [0.05, 0.1) is 16.3 Å². The summed E-state index contributed by atoms with van der Waals surface area (Å²) in [7, 11) is 0. The molecule has 0 unspecified atom stereocenters. The normalized spacial score (nSPS) is 10.8. The van der Waals surface area contributed by atoms with E-state index in [0.29, 0.717) is 12.1 Å². The Balaban J connectivity index is 1.69. The number of anilines is 1. The number of carbonyl (C=O) groups excluding carboxylic acids is 2. The highest BCUT2D eigenvalue weighted by Crippen LogP contribution is 2.30. The molecule has 8 nitrogen and oxygen atoms in total. The Morgan fingerprint density at radius 3 is 2.50 bits per heavy atom. The summed E-state index contributed by atoms with van der Waals surface area (Å²) in [5.41, 5.74) is -0.0508. The average Bonchev–Trinajstić information content (AvgIpc) is 3.29. The molecule has 0 aliphatic carbocycles. The van der Waals surface area contributed by atoms with Gasteiger partial charge in [-0.1, -0.05) is 29.8 Å². The summed E-state index contributed by atoms with van der Waals surface area (Å²) < 4.78 is 30.2. The minimum absolute atomic E-state index is 0.0218. The number of aliphatic hydroxyl groups is 1. The first-order chi connectivity index (χ1) is 17.4. The summed E-state index contributed by atoms with van der Waals surface area (Å²) in [6.45, 7) is 0.163. The molecule has 2 aromatic carbocycles. The molecule has 2 heterocycles. The highest BCUT2D eigenvalue weighted by molar-refractivity contribution is 6.34. The van der Waals surface area contributed by atoms with Crippen LogP contribution in [0.5, 0.6) is 0 Å². The van der Waals surface area contributed by atoms with E-state index in [0.717, 1.165) is 18.2 Å². The van der Waals surface area contributed by atoms with Gasteiger partial charge in [0.25, 0.3) is 11.8 Å². The van der Waals surface area contributed by atoms with Gasteiger partial charge in [0.1, 0.15) is 23.1 Å². The van der Waals surface area contributed by atoms with Crippen molar-refractivity contribution < 1.29 is 23.5 Å². The van der Waals surface area contributed by atoms with E-state index >= 15 is 0 Å². The summed E-state index contributed by atoms with van der Waals surface area (Å²) in [5, 5.41) is 18.3. The molecule has 11 heteroatoms. The first-order valence-electron chi connectivity index (χ1n) is 10.8. The lowest BCUT2D eigenvalue weighted by Crippen LogP contribution is -2.25. The van der Waals surface area contributed by atoms with Crippen molar-refractivity contribution in [1.29, 1.82) is 0 Å². The molecule has 0 aliphatic rings. The SMILES string of the molecule is O=C(NCCCO)c1cc(NC(=O)c2cc(-c3ncccc3F)c(F)cc2Cl)n(-c2ccccc2)n1. The number of hydrogen-bond donors (Lipinski definition) is 3. The zero-order chi connectivity index (χ0) is 25.7. The molecule has 3 N–H and O–H groups in total. The largest absolute Gasteiger partial charge is 0.396 e. The molecule has 0 bridgehead atoms. The van der Waals surface area contributed by atoms with Crippen LogP contribution in [0.1, 0.15) is 27.3 Å². The Kier molecular flexibility index (Phi) is 7.67. The third-order valence-electron chi connectivity index (χ3n) is 5.12. The van der Waals surface area contributed by atoms with Gasteiger partial charge < -0.3 is 15.7 Å². The minimum atomic E-state index is -0.842. The number of aliphatic hydroxyl groups excluding tert-OH is 1. The quantitative estimate of drug-likeness (QED) is 0.307. The fourth-order valence-electron chi connectivity index (χ4n) is 3.39. The number of carbonyl (C=O) groups is 2. The van der Waals surface area contributed by atoms with Crippen LogP contribution in [-0.4, -0.2) is 44.8 Å². The Morgan fingerprint density at radius 1 is 1.00 bits per heavy atom. The van der Waals surface area contributed by atoms with Gasteiger partial charge in [-0.2, -0.15) is 5.10 Å². The lowest BCUT2D eigenvalue weighted by molar-refractivity contribution is 0.0944. The molecule has 0 atom stereocenters. The van der Waals surface area contributed by atoms with Crippen molar-refractivity contribution in [2.45, 2.75) is 6.42 Å². The Morgan fingerprint density at radius 2 is 1.78 bits per heavy atom. The van der Waals surface area contributed by atoms with E-state index < -0.39 is 23.4 Å². The van der Waals surface area contributed by atoms with Crippen molar-refractivity contribution >= 4 is 29.2 Å². The van der Waals surface area contributed by atoms with Crippen molar-refractivity contribution in [3.8, 4) is 16.9 Å². The van der Waals surface area contributed by atoms with E-state index in [1.165, 1.54) is 23.0 Å². The lowest BCUT2D eigenvalue weighted by atomic mass is 10.1. The number of amides is 2. The number of benzene rings is 2. The zero-order valence-electron chi connectivity index (χ0n) is 18.7. The third kappa shape index (κ3) is 5.40. The fourth-order valence-corrected chi connectivity index (χ4v) is 3.63. The maximum Gasteiger partial charge on any atom is 0.271 e. The number of pyridine rings is 1. The van der Waals surface area contributed by atoms with Crippen LogP contribution in [0.15, 0.2) is 66.9 Å². The van der Waals surface area contributed by atoms with Crippen LogP contribution in [-0.2, 0) is 0 Å². The van der Waals surface area contributed by atoms with Gasteiger partial charge in [-0.25, -0.2) is 13.5 Å². The van der Waals surface area contributed by atoms with Gasteiger partial charge in [0, 0.05) is 31.0 Å².